The van der Waals surface area contributed by atoms with Crippen LogP contribution in [0.2, 0.25) is 0 Å². The zero-order valence-electron chi connectivity index (χ0n) is 8.19. The summed E-state index contributed by atoms with van der Waals surface area (Å²) in [6.07, 6.45) is 4.59. The average Bonchev–Trinajstić information content (AvgIpc) is 2.70. The molecule has 0 bridgehead atoms. The molecule has 2 heterocycles. The van der Waals surface area contributed by atoms with E-state index in [1.54, 1.807) is 18.3 Å². The summed E-state index contributed by atoms with van der Waals surface area (Å²) in [7, 11) is 0. The van der Waals surface area contributed by atoms with Gasteiger partial charge in [-0.15, -0.1) is 0 Å². The van der Waals surface area contributed by atoms with Crippen LogP contribution in [0.1, 0.15) is 16.2 Å². The van der Waals surface area contributed by atoms with E-state index in [0.717, 1.165) is 11.4 Å². The van der Waals surface area contributed by atoms with E-state index in [1.165, 1.54) is 12.5 Å². The Morgan fingerprint density at radius 1 is 1.53 bits per heavy atom. The predicted octanol–water partition coefficient (Wildman–Crippen LogP) is 1.37. The molecule has 0 aliphatic carbocycles. The SMILES string of the molecule is Cc1cc(NC(=O)c2cnc[nH]2)ccn1. The summed E-state index contributed by atoms with van der Waals surface area (Å²) in [5.74, 6) is -0.210. The number of aryl methyl sites for hydroxylation is 1. The highest BCUT2D eigenvalue weighted by Gasteiger charge is 2.06. The lowest BCUT2D eigenvalue weighted by atomic mass is 10.3. The number of hydrogen-bond donors (Lipinski definition) is 2. The van der Waals surface area contributed by atoms with Crippen LogP contribution in [-0.2, 0) is 0 Å². The molecular formula is C10H10N4O. The molecule has 0 radical (unpaired) electrons. The molecule has 0 spiro atoms. The van der Waals surface area contributed by atoms with Crippen LogP contribution in [0.15, 0.2) is 30.9 Å². The van der Waals surface area contributed by atoms with Crippen LogP contribution in [0.25, 0.3) is 0 Å². The van der Waals surface area contributed by atoms with Gasteiger partial charge in [-0.2, -0.15) is 0 Å². The first-order chi connectivity index (χ1) is 7.25. The molecule has 0 aliphatic heterocycles. The van der Waals surface area contributed by atoms with Crippen molar-refractivity contribution < 1.29 is 4.79 Å². The van der Waals surface area contributed by atoms with Crippen molar-refractivity contribution in [3.63, 3.8) is 0 Å². The van der Waals surface area contributed by atoms with Crippen LogP contribution >= 0.6 is 0 Å². The van der Waals surface area contributed by atoms with Gasteiger partial charge < -0.3 is 10.3 Å². The predicted molar refractivity (Wildman–Crippen MR) is 55.5 cm³/mol. The Labute approximate surface area is 86.6 Å². The van der Waals surface area contributed by atoms with Crippen molar-refractivity contribution in [2.45, 2.75) is 6.92 Å². The molecule has 0 saturated carbocycles. The van der Waals surface area contributed by atoms with Crippen molar-refractivity contribution >= 4 is 11.6 Å². The summed E-state index contributed by atoms with van der Waals surface area (Å²) in [5, 5.41) is 2.73. The normalized spacial score (nSPS) is 9.93. The molecule has 2 rings (SSSR count). The number of nitrogens with zero attached hydrogens (tertiary/aromatic N) is 2. The molecule has 5 heteroatoms. The second-order valence-electron chi connectivity index (χ2n) is 3.11. The van der Waals surface area contributed by atoms with Gasteiger partial charge in [-0.25, -0.2) is 4.98 Å². The minimum atomic E-state index is -0.210. The Hall–Kier alpha value is -2.17. The van der Waals surface area contributed by atoms with E-state index in [9.17, 15) is 4.79 Å². The summed E-state index contributed by atoms with van der Waals surface area (Å²) in [6.45, 7) is 1.87. The number of aromatic amines is 1. The van der Waals surface area contributed by atoms with E-state index in [0.29, 0.717) is 5.69 Å². The van der Waals surface area contributed by atoms with Crippen LogP contribution in [-0.4, -0.2) is 20.9 Å². The van der Waals surface area contributed by atoms with Crippen LogP contribution in [0.4, 0.5) is 5.69 Å². The van der Waals surface area contributed by atoms with E-state index < -0.39 is 0 Å². The first-order valence-corrected chi connectivity index (χ1v) is 4.48. The number of anilines is 1. The van der Waals surface area contributed by atoms with Crippen LogP contribution < -0.4 is 5.32 Å². The van der Waals surface area contributed by atoms with Crippen LogP contribution in [0.5, 0.6) is 0 Å². The Bertz CT molecular complexity index is 464. The van der Waals surface area contributed by atoms with Gasteiger partial charge in [0.15, 0.2) is 0 Å². The quantitative estimate of drug-likeness (QED) is 0.772. The molecule has 2 aromatic rings. The van der Waals surface area contributed by atoms with Gasteiger partial charge in [0.25, 0.3) is 5.91 Å². The van der Waals surface area contributed by atoms with Crippen molar-refractivity contribution in [3.05, 3.63) is 42.2 Å². The molecule has 0 saturated heterocycles. The molecule has 0 unspecified atom stereocenters. The van der Waals surface area contributed by atoms with E-state index in [-0.39, 0.29) is 5.91 Å². The number of hydrogen-bond acceptors (Lipinski definition) is 3. The smallest absolute Gasteiger partial charge is 0.273 e. The number of amides is 1. The zero-order valence-corrected chi connectivity index (χ0v) is 8.19. The van der Waals surface area contributed by atoms with E-state index >= 15 is 0 Å². The number of rotatable bonds is 2. The van der Waals surface area contributed by atoms with Gasteiger partial charge in [-0.1, -0.05) is 0 Å². The Morgan fingerprint density at radius 3 is 3.07 bits per heavy atom. The molecule has 76 valence electrons. The van der Waals surface area contributed by atoms with Crippen molar-refractivity contribution in [1.82, 2.24) is 15.0 Å². The van der Waals surface area contributed by atoms with Crippen LogP contribution in [0, 0.1) is 6.92 Å². The second kappa shape index (κ2) is 3.91. The van der Waals surface area contributed by atoms with Gasteiger partial charge >= 0.3 is 0 Å². The first-order valence-electron chi connectivity index (χ1n) is 4.48. The fourth-order valence-corrected chi connectivity index (χ4v) is 1.20. The number of pyridine rings is 1. The summed E-state index contributed by atoms with van der Waals surface area (Å²) >= 11 is 0. The minimum absolute atomic E-state index is 0.210. The number of carbonyl (C=O) groups excluding carboxylic acids is 1. The molecule has 2 aromatic heterocycles. The number of imidazole rings is 1. The highest BCUT2D eigenvalue weighted by atomic mass is 16.1. The first kappa shape index (κ1) is 9.39. The highest BCUT2D eigenvalue weighted by Crippen LogP contribution is 2.08. The third kappa shape index (κ3) is 2.19. The Kier molecular flexibility index (Phi) is 2.45. The minimum Gasteiger partial charge on any atom is -0.341 e. The maximum atomic E-state index is 11.6. The number of aromatic nitrogens is 3. The summed E-state index contributed by atoms with van der Waals surface area (Å²) in [4.78, 5) is 22.1. The number of H-pyrrole nitrogens is 1. The summed E-state index contributed by atoms with van der Waals surface area (Å²) < 4.78 is 0. The zero-order chi connectivity index (χ0) is 10.7. The molecule has 0 fully saturated rings. The third-order valence-corrected chi connectivity index (χ3v) is 1.90. The van der Waals surface area contributed by atoms with E-state index in [1.807, 2.05) is 6.92 Å². The molecule has 2 N–H and O–H groups in total. The lowest BCUT2D eigenvalue weighted by Gasteiger charge is -2.03. The van der Waals surface area contributed by atoms with Crippen molar-refractivity contribution in [1.29, 1.82) is 0 Å². The van der Waals surface area contributed by atoms with Gasteiger partial charge in [-0.3, -0.25) is 9.78 Å². The highest BCUT2D eigenvalue weighted by molar-refractivity contribution is 6.02. The molecule has 0 atom stereocenters. The standard InChI is InChI=1S/C10H10N4O/c1-7-4-8(2-3-12-7)14-10(15)9-5-11-6-13-9/h2-6H,1H3,(H,11,13)(H,12,14,15). The largest absolute Gasteiger partial charge is 0.341 e. The van der Waals surface area contributed by atoms with Gasteiger partial charge in [0.05, 0.1) is 12.5 Å². The number of nitrogens with one attached hydrogen (secondary N) is 2. The van der Waals surface area contributed by atoms with Gasteiger partial charge in [0, 0.05) is 17.6 Å². The van der Waals surface area contributed by atoms with Crippen LogP contribution in [0.3, 0.4) is 0 Å². The van der Waals surface area contributed by atoms with Crippen molar-refractivity contribution in [2.24, 2.45) is 0 Å². The second-order valence-corrected chi connectivity index (χ2v) is 3.11. The fourth-order valence-electron chi connectivity index (χ4n) is 1.20. The number of carbonyl (C=O) groups is 1. The average molecular weight is 202 g/mol. The third-order valence-electron chi connectivity index (χ3n) is 1.90. The molecule has 0 aromatic carbocycles. The Balaban J connectivity index is 2.13. The topological polar surface area (TPSA) is 70.7 Å². The molecular weight excluding hydrogens is 192 g/mol. The molecule has 1 amide bonds. The lowest BCUT2D eigenvalue weighted by Crippen LogP contribution is -2.12. The summed E-state index contributed by atoms with van der Waals surface area (Å²) in [6, 6.07) is 3.54. The van der Waals surface area contributed by atoms with Crippen molar-refractivity contribution in [3.8, 4) is 0 Å². The van der Waals surface area contributed by atoms with Gasteiger partial charge in [0.1, 0.15) is 5.69 Å². The summed E-state index contributed by atoms with van der Waals surface area (Å²) in [5.41, 5.74) is 2.02. The fraction of sp³-hybridized carbons (Fsp3) is 0.100. The van der Waals surface area contributed by atoms with Gasteiger partial charge in [0.2, 0.25) is 0 Å². The molecule has 5 nitrogen and oxygen atoms in total. The van der Waals surface area contributed by atoms with E-state index in [2.05, 4.69) is 20.3 Å². The van der Waals surface area contributed by atoms with E-state index in [4.69, 9.17) is 0 Å². The van der Waals surface area contributed by atoms with Crippen molar-refractivity contribution in [2.75, 3.05) is 5.32 Å². The monoisotopic (exact) mass is 202 g/mol. The molecule has 0 aliphatic rings. The van der Waals surface area contributed by atoms with Gasteiger partial charge in [-0.05, 0) is 19.1 Å². The maximum absolute atomic E-state index is 11.6. The Morgan fingerprint density at radius 2 is 2.40 bits per heavy atom. The maximum Gasteiger partial charge on any atom is 0.273 e. The molecule has 15 heavy (non-hydrogen) atoms. The lowest BCUT2D eigenvalue weighted by molar-refractivity contribution is 0.102.